The van der Waals surface area contributed by atoms with E-state index < -0.39 is 11.5 Å². The standard InChI is InChI=1S/C17H18BrNO2/c1-3-17(16(20)21,13-8-6-9-14(18)11-13)19-15-10-5-4-7-12(15)2/h4-11,19H,3H2,1-2H3,(H,20,21). The van der Waals surface area contributed by atoms with Crippen LogP contribution in [0, 0.1) is 6.92 Å². The van der Waals surface area contributed by atoms with E-state index in [1.807, 2.05) is 62.4 Å². The van der Waals surface area contributed by atoms with Gasteiger partial charge in [0, 0.05) is 10.2 Å². The number of carboxylic acids is 1. The lowest BCUT2D eigenvalue weighted by atomic mass is 9.86. The first kappa shape index (κ1) is 15.6. The summed E-state index contributed by atoms with van der Waals surface area (Å²) in [7, 11) is 0. The second kappa shape index (κ2) is 6.31. The molecule has 0 saturated carbocycles. The van der Waals surface area contributed by atoms with Gasteiger partial charge in [-0.1, -0.05) is 53.2 Å². The van der Waals surface area contributed by atoms with Gasteiger partial charge < -0.3 is 10.4 Å². The molecule has 2 rings (SSSR count). The summed E-state index contributed by atoms with van der Waals surface area (Å²) in [4.78, 5) is 12.0. The van der Waals surface area contributed by atoms with Crippen molar-refractivity contribution in [1.29, 1.82) is 0 Å². The first-order valence-corrected chi connectivity index (χ1v) is 7.62. The molecule has 3 nitrogen and oxygen atoms in total. The van der Waals surface area contributed by atoms with Crippen molar-refractivity contribution in [1.82, 2.24) is 0 Å². The normalized spacial score (nSPS) is 13.5. The summed E-state index contributed by atoms with van der Waals surface area (Å²) in [5.74, 6) is -0.883. The fourth-order valence-electron chi connectivity index (χ4n) is 2.39. The molecule has 0 aliphatic rings. The molecule has 0 saturated heterocycles. The molecule has 0 fully saturated rings. The van der Waals surface area contributed by atoms with Crippen LogP contribution in [0.2, 0.25) is 0 Å². The van der Waals surface area contributed by atoms with Gasteiger partial charge >= 0.3 is 5.97 Å². The Kier molecular flexibility index (Phi) is 4.68. The van der Waals surface area contributed by atoms with Gasteiger partial charge in [0.25, 0.3) is 0 Å². The highest BCUT2D eigenvalue weighted by Crippen LogP contribution is 2.32. The van der Waals surface area contributed by atoms with Gasteiger partial charge in [-0.25, -0.2) is 4.79 Å². The highest BCUT2D eigenvalue weighted by molar-refractivity contribution is 9.10. The number of rotatable bonds is 5. The lowest BCUT2D eigenvalue weighted by Gasteiger charge is -2.32. The Morgan fingerprint density at radius 1 is 1.24 bits per heavy atom. The van der Waals surface area contributed by atoms with E-state index in [9.17, 15) is 9.90 Å². The number of halogens is 1. The van der Waals surface area contributed by atoms with Gasteiger partial charge in [-0.05, 0) is 42.7 Å². The Balaban J connectivity index is 2.53. The van der Waals surface area contributed by atoms with Crippen molar-refractivity contribution in [2.75, 3.05) is 5.32 Å². The van der Waals surface area contributed by atoms with E-state index in [4.69, 9.17) is 0 Å². The van der Waals surface area contributed by atoms with E-state index in [0.717, 1.165) is 21.3 Å². The SMILES string of the molecule is CCC(Nc1ccccc1C)(C(=O)O)c1cccc(Br)c1. The molecule has 2 aromatic rings. The molecule has 0 bridgehead atoms. The summed E-state index contributed by atoms with van der Waals surface area (Å²) in [5, 5.41) is 13.1. The van der Waals surface area contributed by atoms with Gasteiger partial charge in [0.05, 0.1) is 0 Å². The third-order valence-corrected chi connectivity index (χ3v) is 4.20. The van der Waals surface area contributed by atoms with Crippen molar-refractivity contribution in [3.05, 3.63) is 64.1 Å². The fraction of sp³-hybridized carbons (Fsp3) is 0.235. The molecular formula is C17H18BrNO2. The van der Waals surface area contributed by atoms with Crippen LogP contribution >= 0.6 is 15.9 Å². The maximum absolute atomic E-state index is 12.0. The highest BCUT2D eigenvalue weighted by Gasteiger charge is 2.39. The number of anilines is 1. The zero-order chi connectivity index (χ0) is 15.5. The molecule has 1 unspecified atom stereocenters. The summed E-state index contributed by atoms with van der Waals surface area (Å²) >= 11 is 3.41. The summed E-state index contributed by atoms with van der Waals surface area (Å²) in [6, 6.07) is 15.1. The third-order valence-electron chi connectivity index (χ3n) is 3.71. The summed E-state index contributed by atoms with van der Waals surface area (Å²) < 4.78 is 0.866. The first-order chi connectivity index (χ1) is 9.99. The Labute approximate surface area is 133 Å². The molecule has 0 radical (unpaired) electrons. The first-order valence-electron chi connectivity index (χ1n) is 6.83. The topological polar surface area (TPSA) is 49.3 Å². The molecule has 2 N–H and O–H groups in total. The smallest absolute Gasteiger partial charge is 0.334 e. The molecule has 0 aliphatic carbocycles. The van der Waals surface area contributed by atoms with Crippen molar-refractivity contribution in [2.45, 2.75) is 25.8 Å². The highest BCUT2D eigenvalue weighted by atomic mass is 79.9. The maximum Gasteiger partial charge on any atom is 0.334 e. The molecule has 1 atom stereocenters. The average molecular weight is 348 g/mol. The minimum Gasteiger partial charge on any atom is -0.479 e. The molecule has 0 aromatic heterocycles. The van der Waals surface area contributed by atoms with Crippen LogP contribution in [-0.2, 0) is 10.3 Å². The van der Waals surface area contributed by atoms with Crippen LogP contribution in [-0.4, -0.2) is 11.1 Å². The predicted molar refractivity (Wildman–Crippen MR) is 88.5 cm³/mol. The zero-order valence-electron chi connectivity index (χ0n) is 12.1. The number of aliphatic carboxylic acids is 1. The second-order valence-corrected chi connectivity index (χ2v) is 5.93. The lowest BCUT2D eigenvalue weighted by Crippen LogP contribution is -2.43. The molecule has 4 heteroatoms. The van der Waals surface area contributed by atoms with E-state index in [2.05, 4.69) is 21.2 Å². The molecule has 0 amide bonds. The average Bonchev–Trinajstić information content (AvgIpc) is 2.46. The van der Waals surface area contributed by atoms with Gasteiger partial charge in [0.2, 0.25) is 0 Å². The van der Waals surface area contributed by atoms with Crippen molar-refractivity contribution in [3.8, 4) is 0 Å². The summed E-state index contributed by atoms with van der Waals surface area (Å²) in [6.07, 6.45) is 0.438. The molecular weight excluding hydrogens is 330 g/mol. The molecule has 0 heterocycles. The van der Waals surface area contributed by atoms with E-state index in [0.29, 0.717) is 6.42 Å². The Bertz CT molecular complexity index is 657. The number of carbonyl (C=O) groups is 1. The van der Waals surface area contributed by atoms with Crippen LogP contribution in [0.25, 0.3) is 0 Å². The second-order valence-electron chi connectivity index (χ2n) is 5.01. The predicted octanol–water partition coefficient (Wildman–Crippen LogP) is 4.56. The monoisotopic (exact) mass is 347 g/mol. The number of benzene rings is 2. The minimum absolute atomic E-state index is 0.438. The van der Waals surface area contributed by atoms with Gasteiger partial charge in [0.15, 0.2) is 5.54 Å². The van der Waals surface area contributed by atoms with Crippen molar-refractivity contribution in [2.24, 2.45) is 0 Å². The molecule has 0 spiro atoms. The van der Waals surface area contributed by atoms with E-state index in [-0.39, 0.29) is 0 Å². The molecule has 21 heavy (non-hydrogen) atoms. The lowest BCUT2D eigenvalue weighted by molar-refractivity contribution is -0.142. The largest absolute Gasteiger partial charge is 0.479 e. The van der Waals surface area contributed by atoms with Crippen molar-refractivity contribution < 1.29 is 9.90 Å². The minimum atomic E-state index is -1.14. The third kappa shape index (κ3) is 3.10. The van der Waals surface area contributed by atoms with Gasteiger partial charge in [0.1, 0.15) is 0 Å². The molecule has 0 aliphatic heterocycles. The van der Waals surface area contributed by atoms with Crippen LogP contribution in [0.15, 0.2) is 53.0 Å². The van der Waals surface area contributed by atoms with Crippen LogP contribution in [0.5, 0.6) is 0 Å². The maximum atomic E-state index is 12.0. The van der Waals surface area contributed by atoms with Crippen LogP contribution in [0.4, 0.5) is 5.69 Å². The van der Waals surface area contributed by atoms with Crippen molar-refractivity contribution >= 4 is 27.6 Å². The van der Waals surface area contributed by atoms with Gasteiger partial charge in [-0.2, -0.15) is 0 Å². The van der Waals surface area contributed by atoms with Gasteiger partial charge in [-0.15, -0.1) is 0 Å². The Morgan fingerprint density at radius 2 is 1.95 bits per heavy atom. The Morgan fingerprint density at radius 3 is 2.52 bits per heavy atom. The molecule has 2 aromatic carbocycles. The quantitative estimate of drug-likeness (QED) is 0.833. The molecule has 110 valence electrons. The zero-order valence-corrected chi connectivity index (χ0v) is 13.6. The van der Waals surface area contributed by atoms with Crippen LogP contribution < -0.4 is 5.32 Å². The summed E-state index contributed by atoms with van der Waals surface area (Å²) in [5.41, 5.74) is 1.44. The number of nitrogens with one attached hydrogen (secondary N) is 1. The number of hydrogen-bond donors (Lipinski definition) is 2. The van der Waals surface area contributed by atoms with Crippen molar-refractivity contribution in [3.63, 3.8) is 0 Å². The van der Waals surface area contributed by atoms with Gasteiger partial charge in [-0.3, -0.25) is 0 Å². The van der Waals surface area contributed by atoms with E-state index >= 15 is 0 Å². The van der Waals surface area contributed by atoms with E-state index in [1.54, 1.807) is 0 Å². The number of hydrogen-bond acceptors (Lipinski definition) is 2. The number of carboxylic acid groups (broad SMARTS) is 1. The van der Waals surface area contributed by atoms with Crippen LogP contribution in [0.1, 0.15) is 24.5 Å². The fourth-order valence-corrected chi connectivity index (χ4v) is 2.79. The number of aryl methyl sites for hydroxylation is 1. The van der Waals surface area contributed by atoms with E-state index in [1.165, 1.54) is 0 Å². The number of para-hydroxylation sites is 1. The summed E-state index contributed by atoms with van der Waals surface area (Å²) in [6.45, 7) is 3.84. The Hall–Kier alpha value is -1.81. The van der Waals surface area contributed by atoms with Crippen LogP contribution in [0.3, 0.4) is 0 Å².